The van der Waals surface area contributed by atoms with Gasteiger partial charge in [0, 0.05) is 29.9 Å². The maximum Gasteiger partial charge on any atom is 0.116 e. The van der Waals surface area contributed by atoms with Crippen molar-refractivity contribution in [2.75, 3.05) is 0 Å². The minimum Gasteiger partial charge on any atom is -0.465 e. The first-order valence-corrected chi connectivity index (χ1v) is 10.5. The Balaban J connectivity index is 1.86. The molecule has 0 amide bonds. The normalized spacial score (nSPS) is 12.3. The maximum absolute atomic E-state index is 6.34. The van der Waals surface area contributed by atoms with Crippen molar-refractivity contribution in [3.63, 3.8) is 0 Å². The monoisotopic (exact) mass is 391 g/mol. The number of fused-ring (bicyclic) bond motifs is 1. The van der Waals surface area contributed by atoms with Gasteiger partial charge in [-0.05, 0) is 29.3 Å². The molecule has 0 radical (unpaired) electrons. The van der Waals surface area contributed by atoms with Crippen LogP contribution >= 0.6 is 0 Å². The molecule has 0 aliphatic carbocycles. The molecule has 0 spiro atoms. The summed E-state index contributed by atoms with van der Waals surface area (Å²) < 4.78 is 8.66. The molecule has 2 heteroatoms. The zero-order valence-corrected chi connectivity index (χ0v) is 17.4. The van der Waals surface area contributed by atoms with Crippen LogP contribution in [0.5, 0.6) is 0 Å². The van der Waals surface area contributed by atoms with Crippen LogP contribution < -0.4 is 0 Å². The van der Waals surface area contributed by atoms with E-state index in [9.17, 15) is 0 Å². The highest BCUT2D eigenvalue weighted by Gasteiger charge is 2.28. The second kappa shape index (κ2) is 7.72. The summed E-state index contributed by atoms with van der Waals surface area (Å²) in [6.07, 6.45) is 0.891. The molecule has 0 saturated heterocycles. The third-order valence-electron chi connectivity index (χ3n) is 5.93. The van der Waals surface area contributed by atoms with E-state index in [1.54, 1.807) is 0 Å². The summed E-state index contributed by atoms with van der Waals surface area (Å²) in [5.74, 6) is 2.03. The molecule has 0 N–H and O–H groups in total. The van der Waals surface area contributed by atoms with E-state index in [0.29, 0.717) is 0 Å². The van der Waals surface area contributed by atoms with E-state index >= 15 is 0 Å². The minimum absolute atomic E-state index is 0.0211. The predicted octanol–water partition coefficient (Wildman–Crippen LogP) is 7.18. The predicted molar refractivity (Wildman–Crippen MR) is 124 cm³/mol. The second-order valence-corrected chi connectivity index (χ2v) is 7.71. The Bertz CT molecular complexity index is 1280. The van der Waals surface area contributed by atoms with Gasteiger partial charge in [-0.2, -0.15) is 0 Å². The van der Waals surface area contributed by atoms with E-state index in [1.807, 2.05) is 0 Å². The third-order valence-corrected chi connectivity index (χ3v) is 5.93. The van der Waals surface area contributed by atoms with Crippen molar-refractivity contribution in [2.24, 2.45) is 7.05 Å². The highest BCUT2D eigenvalue weighted by Crippen LogP contribution is 2.44. The van der Waals surface area contributed by atoms with Crippen LogP contribution in [-0.4, -0.2) is 4.57 Å². The van der Waals surface area contributed by atoms with Gasteiger partial charge in [0.1, 0.15) is 11.5 Å². The van der Waals surface area contributed by atoms with Crippen molar-refractivity contribution >= 4 is 10.9 Å². The molecule has 2 nitrogen and oxygen atoms in total. The van der Waals surface area contributed by atoms with Gasteiger partial charge in [0.05, 0.1) is 11.6 Å². The zero-order valence-electron chi connectivity index (χ0n) is 17.4. The van der Waals surface area contributed by atoms with E-state index < -0.39 is 0 Å². The highest BCUT2D eigenvalue weighted by atomic mass is 16.3. The Hall–Kier alpha value is -3.52. The van der Waals surface area contributed by atoms with Gasteiger partial charge in [0.2, 0.25) is 0 Å². The standard InChI is InChI=1S/C28H25NO/c1-3-22-18-19-25(30-22)26(20-12-6-4-7-13-20)27-23-16-10-11-17-24(23)29(2)28(27)21-14-8-5-9-15-21/h4-19,26H,3H2,1-2H3. The van der Waals surface area contributed by atoms with Crippen molar-refractivity contribution in [3.05, 3.63) is 120 Å². The number of aromatic nitrogens is 1. The summed E-state index contributed by atoms with van der Waals surface area (Å²) in [6, 6.07) is 34.3. The fraction of sp³-hybridized carbons (Fsp3) is 0.143. The van der Waals surface area contributed by atoms with Crippen LogP contribution in [0.1, 0.15) is 35.5 Å². The molecular weight excluding hydrogens is 366 g/mol. The molecule has 0 bridgehead atoms. The summed E-state index contributed by atoms with van der Waals surface area (Å²) >= 11 is 0. The summed E-state index contributed by atoms with van der Waals surface area (Å²) in [4.78, 5) is 0. The Morgan fingerprint density at radius 1 is 0.767 bits per heavy atom. The minimum atomic E-state index is 0.0211. The Labute approximate surface area is 177 Å². The van der Waals surface area contributed by atoms with Gasteiger partial charge in [-0.15, -0.1) is 0 Å². The molecule has 30 heavy (non-hydrogen) atoms. The van der Waals surface area contributed by atoms with Crippen LogP contribution in [0.4, 0.5) is 0 Å². The zero-order chi connectivity index (χ0) is 20.5. The molecule has 5 rings (SSSR count). The van der Waals surface area contributed by atoms with Gasteiger partial charge in [-0.1, -0.05) is 85.8 Å². The Morgan fingerprint density at radius 3 is 2.13 bits per heavy atom. The molecule has 1 unspecified atom stereocenters. The van der Waals surface area contributed by atoms with Gasteiger partial charge in [-0.25, -0.2) is 0 Å². The molecule has 0 aliphatic heterocycles. The number of hydrogen-bond acceptors (Lipinski definition) is 1. The van der Waals surface area contributed by atoms with Gasteiger partial charge in [-0.3, -0.25) is 0 Å². The van der Waals surface area contributed by atoms with Crippen molar-refractivity contribution in [3.8, 4) is 11.3 Å². The molecule has 0 aliphatic rings. The topological polar surface area (TPSA) is 18.1 Å². The van der Waals surface area contributed by atoms with E-state index in [4.69, 9.17) is 4.42 Å². The number of para-hydroxylation sites is 1. The average Bonchev–Trinajstić information content (AvgIpc) is 3.39. The fourth-order valence-corrected chi connectivity index (χ4v) is 4.52. The Morgan fingerprint density at radius 2 is 1.43 bits per heavy atom. The molecule has 148 valence electrons. The lowest BCUT2D eigenvalue weighted by molar-refractivity contribution is 0.465. The lowest BCUT2D eigenvalue weighted by Gasteiger charge is -2.18. The number of rotatable bonds is 5. The molecular formula is C28H25NO. The van der Waals surface area contributed by atoms with E-state index in [2.05, 4.69) is 116 Å². The largest absolute Gasteiger partial charge is 0.465 e. The quantitative estimate of drug-likeness (QED) is 0.310. The number of benzene rings is 3. The molecule has 1 atom stereocenters. The van der Waals surface area contributed by atoms with Crippen LogP contribution in [0.2, 0.25) is 0 Å². The second-order valence-electron chi connectivity index (χ2n) is 7.71. The molecule has 5 aromatic rings. The van der Waals surface area contributed by atoms with Gasteiger partial charge >= 0.3 is 0 Å². The van der Waals surface area contributed by atoms with E-state index in [0.717, 1.165) is 17.9 Å². The van der Waals surface area contributed by atoms with Gasteiger partial charge in [0.25, 0.3) is 0 Å². The summed E-state index contributed by atoms with van der Waals surface area (Å²) in [5.41, 5.74) is 6.22. The third kappa shape index (κ3) is 3.05. The van der Waals surface area contributed by atoms with Crippen molar-refractivity contribution in [1.82, 2.24) is 4.57 Å². The van der Waals surface area contributed by atoms with Gasteiger partial charge in [0.15, 0.2) is 0 Å². The SMILES string of the molecule is CCc1ccc(C(c2ccccc2)c2c(-c3ccccc3)n(C)c3ccccc23)o1. The first-order valence-electron chi connectivity index (χ1n) is 10.5. The average molecular weight is 392 g/mol. The van der Waals surface area contributed by atoms with Crippen LogP contribution in [0, 0.1) is 0 Å². The van der Waals surface area contributed by atoms with Crippen molar-refractivity contribution in [2.45, 2.75) is 19.3 Å². The molecule has 2 aromatic heterocycles. The first-order chi connectivity index (χ1) is 14.8. The van der Waals surface area contributed by atoms with E-state index in [-0.39, 0.29) is 5.92 Å². The van der Waals surface area contributed by atoms with Crippen LogP contribution in [-0.2, 0) is 13.5 Å². The Kier molecular flexibility index (Phi) is 4.76. The van der Waals surface area contributed by atoms with Crippen LogP contribution in [0.3, 0.4) is 0 Å². The number of furan rings is 1. The highest BCUT2D eigenvalue weighted by molar-refractivity contribution is 5.93. The van der Waals surface area contributed by atoms with Crippen LogP contribution in [0.25, 0.3) is 22.2 Å². The summed E-state index contributed by atoms with van der Waals surface area (Å²) in [7, 11) is 2.16. The van der Waals surface area contributed by atoms with Crippen molar-refractivity contribution in [1.29, 1.82) is 0 Å². The number of aryl methyl sites for hydroxylation is 2. The van der Waals surface area contributed by atoms with E-state index in [1.165, 1.54) is 33.3 Å². The summed E-state index contributed by atoms with van der Waals surface area (Å²) in [6.45, 7) is 2.13. The molecule has 3 aromatic carbocycles. The number of hydrogen-bond donors (Lipinski definition) is 0. The maximum atomic E-state index is 6.34. The van der Waals surface area contributed by atoms with Gasteiger partial charge < -0.3 is 8.98 Å². The lowest BCUT2D eigenvalue weighted by Crippen LogP contribution is -2.05. The smallest absolute Gasteiger partial charge is 0.116 e. The molecule has 0 saturated carbocycles. The van der Waals surface area contributed by atoms with Crippen molar-refractivity contribution < 1.29 is 4.42 Å². The number of nitrogens with zero attached hydrogens (tertiary/aromatic N) is 1. The lowest BCUT2D eigenvalue weighted by atomic mass is 9.86. The molecule has 0 fully saturated rings. The summed E-state index contributed by atoms with van der Waals surface area (Å²) in [5, 5.41) is 1.27. The first kappa shape index (κ1) is 18.5. The van der Waals surface area contributed by atoms with Crippen LogP contribution in [0.15, 0.2) is 101 Å². The molecule has 2 heterocycles. The fourth-order valence-electron chi connectivity index (χ4n) is 4.52.